The maximum Gasteiger partial charge on any atom is 0.412 e. The first kappa shape index (κ1) is 33.8. The summed E-state index contributed by atoms with van der Waals surface area (Å²) in [7, 11) is 1.38. The zero-order chi connectivity index (χ0) is 32.3. The minimum absolute atomic E-state index is 0.00363. The fraction of sp³-hybridized carbons (Fsp3) is 0.400. The van der Waals surface area contributed by atoms with E-state index in [1.807, 2.05) is 0 Å². The number of nitrogens with one attached hydrogen (secondary N) is 2. The van der Waals surface area contributed by atoms with Crippen LogP contribution in [0.15, 0.2) is 48.5 Å². The zero-order valence-electron chi connectivity index (χ0n) is 24.0. The number of benzene rings is 2. The van der Waals surface area contributed by atoms with Crippen LogP contribution in [0.4, 0.5) is 22.0 Å². The van der Waals surface area contributed by atoms with Crippen molar-refractivity contribution in [3.05, 3.63) is 76.2 Å². The van der Waals surface area contributed by atoms with Gasteiger partial charge < -0.3 is 24.7 Å². The topological polar surface area (TPSA) is 92.7 Å². The predicted octanol–water partition coefficient (Wildman–Crippen LogP) is 7.28. The van der Waals surface area contributed by atoms with Crippen molar-refractivity contribution in [3.8, 4) is 22.8 Å². The normalized spacial score (nSPS) is 15.0. The molecule has 0 spiro atoms. The fourth-order valence-electron chi connectivity index (χ4n) is 4.41. The molecule has 7 nitrogen and oxygen atoms in total. The molecular formula is C30H31ClF5N3O4S. The standard InChI is InChI=1S/C30H31ClF5N3O4S/c1-28(2,38-11-10-32)19-14-23(17-4-8-22(33)21(31)12-17)39-26(15-19)29(44-41,30(34,35)36)16-37-27(40)18-5-9-24(25(13-18)42-3)43-20-6-7-20/h4-5,8-9,12-15,20,38,41H,6-7,10-11,16H2,1-3H3,(H,37,40). The maximum absolute atomic E-state index is 15.0. The SMILES string of the molecule is COc1cc(C(=O)NCC(SO)(c2cc(C(C)(C)NCCF)cc(-c3ccc(F)c(Cl)c3)n2)C(F)(F)F)ccc1OC1CC1. The minimum Gasteiger partial charge on any atom is -0.493 e. The lowest BCUT2D eigenvalue weighted by Gasteiger charge is -2.34. The molecule has 1 unspecified atom stereocenters. The van der Waals surface area contributed by atoms with Crippen LogP contribution >= 0.6 is 23.6 Å². The summed E-state index contributed by atoms with van der Waals surface area (Å²) in [6, 6.07) is 10.4. The van der Waals surface area contributed by atoms with E-state index in [0.29, 0.717) is 5.75 Å². The summed E-state index contributed by atoms with van der Waals surface area (Å²) in [4.78, 5) is 17.3. The van der Waals surface area contributed by atoms with Gasteiger partial charge in [0.25, 0.3) is 5.91 Å². The number of methoxy groups -OCH3 is 1. The van der Waals surface area contributed by atoms with Crippen LogP contribution in [0.3, 0.4) is 0 Å². The largest absolute Gasteiger partial charge is 0.493 e. The van der Waals surface area contributed by atoms with Crippen LogP contribution < -0.4 is 20.1 Å². The number of halogens is 6. The third kappa shape index (κ3) is 7.39. The van der Waals surface area contributed by atoms with E-state index in [0.717, 1.165) is 25.0 Å². The molecule has 1 aliphatic carbocycles. The van der Waals surface area contributed by atoms with Gasteiger partial charge in [0.2, 0.25) is 0 Å². The molecule has 0 saturated heterocycles. The number of carbonyl (C=O) groups is 1. The highest BCUT2D eigenvalue weighted by molar-refractivity contribution is 7.94. The van der Waals surface area contributed by atoms with Crippen LogP contribution in [-0.2, 0) is 10.3 Å². The Kier molecular flexibility index (Phi) is 10.3. The summed E-state index contributed by atoms with van der Waals surface area (Å²) < 4.78 is 89.9. The van der Waals surface area contributed by atoms with Gasteiger partial charge in [-0.2, -0.15) is 13.2 Å². The first-order chi connectivity index (χ1) is 20.7. The van der Waals surface area contributed by atoms with Gasteiger partial charge in [-0.1, -0.05) is 11.6 Å². The predicted molar refractivity (Wildman–Crippen MR) is 159 cm³/mol. The highest BCUT2D eigenvalue weighted by atomic mass is 35.5. The van der Waals surface area contributed by atoms with Gasteiger partial charge >= 0.3 is 6.18 Å². The van der Waals surface area contributed by atoms with E-state index in [-0.39, 0.29) is 45.8 Å². The smallest absolute Gasteiger partial charge is 0.412 e. The highest BCUT2D eigenvalue weighted by Gasteiger charge is 2.59. The molecule has 14 heteroatoms. The van der Waals surface area contributed by atoms with Crippen molar-refractivity contribution >= 4 is 29.6 Å². The number of carbonyl (C=O) groups excluding carboxylic acids is 1. The quantitative estimate of drug-likeness (QED) is 0.131. The summed E-state index contributed by atoms with van der Waals surface area (Å²) >= 11 is 5.42. The number of nitrogens with zero attached hydrogens (tertiary/aromatic N) is 1. The van der Waals surface area contributed by atoms with Gasteiger partial charge in [-0.15, -0.1) is 0 Å². The van der Waals surface area contributed by atoms with Crippen LogP contribution in [0.5, 0.6) is 11.5 Å². The Bertz CT molecular complexity index is 1510. The van der Waals surface area contributed by atoms with E-state index < -0.39 is 59.1 Å². The van der Waals surface area contributed by atoms with Gasteiger partial charge in [0, 0.05) is 41.8 Å². The van der Waals surface area contributed by atoms with Crippen molar-refractivity contribution in [2.24, 2.45) is 0 Å². The summed E-state index contributed by atoms with van der Waals surface area (Å²) in [5, 5.41) is 4.93. The van der Waals surface area contributed by atoms with Crippen molar-refractivity contribution in [1.82, 2.24) is 15.6 Å². The average molecular weight is 660 g/mol. The Morgan fingerprint density at radius 2 is 1.84 bits per heavy atom. The molecule has 4 rings (SSSR count). The lowest BCUT2D eigenvalue weighted by Crippen LogP contribution is -2.49. The summed E-state index contributed by atoms with van der Waals surface area (Å²) in [5.41, 5.74) is -1.26. The van der Waals surface area contributed by atoms with Gasteiger partial charge in [0.05, 0.1) is 29.6 Å². The van der Waals surface area contributed by atoms with E-state index in [1.165, 1.54) is 43.5 Å². The van der Waals surface area contributed by atoms with E-state index in [1.54, 1.807) is 13.8 Å². The van der Waals surface area contributed by atoms with E-state index in [2.05, 4.69) is 15.6 Å². The molecule has 1 aliphatic rings. The maximum atomic E-state index is 15.0. The molecular weight excluding hydrogens is 629 g/mol. The Hall–Kier alpha value is -3.13. The molecule has 0 bridgehead atoms. The lowest BCUT2D eigenvalue weighted by atomic mass is 9.90. The monoisotopic (exact) mass is 659 g/mol. The van der Waals surface area contributed by atoms with Crippen molar-refractivity contribution in [3.63, 3.8) is 0 Å². The lowest BCUT2D eigenvalue weighted by molar-refractivity contribution is -0.162. The molecule has 1 aromatic heterocycles. The second-order valence-electron chi connectivity index (χ2n) is 10.8. The molecule has 0 radical (unpaired) electrons. The molecule has 0 aliphatic heterocycles. The third-order valence-electron chi connectivity index (χ3n) is 7.19. The first-order valence-corrected chi connectivity index (χ1v) is 14.7. The number of aromatic nitrogens is 1. The van der Waals surface area contributed by atoms with Gasteiger partial charge in [0.1, 0.15) is 12.5 Å². The van der Waals surface area contributed by atoms with Crippen LogP contribution in [0.2, 0.25) is 5.02 Å². The van der Waals surface area contributed by atoms with Crippen molar-refractivity contribution in [2.75, 3.05) is 26.9 Å². The summed E-state index contributed by atoms with van der Waals surface area (Å²) in [5.74, 6) is -0.960. The molecule has 2 aromatic carbocycles. The Morgan fingerprint density at radius 3 is 2.43 bits per heavy atom. The van der Waals surface area contributed by atoms with Crippen LogP contribution in [0.25, 0.3) is 11.3 Å². The minimum atomic E-state index is -5.14. The van der Waals surface area contributed by atoms with Crippen molar-refractivity contribution in [2.45, 2.75) is 49.3 Å². The Labute approximate surface area is 260 Å². The summed E-state index contributed by atoms with van der Waals surface area (Å²) in [6.45, 7) is 1.33. The molecule has 1 heterocycles. The molecule has 1 saturated carbocycles. The molecule has 1 atom stereocenters. The van der Waals surface area contributed by atoms with E-state index in [4.69, 9.17) is 21.1 Å². The van der Waals surface area contributed by atoms with Gasteiger partial charge in [-0.25, -0.2) is 8.78 Å². The molecule has 238 valence electrons. The van der Waals surface area contributed by atoms with Crippen LogP contribution in [0, 0.1) is 5.82 Å². The van der Waals surface area contributed by atoms with Crippen molar-refractivity contribution < 1.29 is 40.8 Å². The number of ether oxygens (including phenoxy) is 2. The van der Waals surface area contributed by atoms with E-state index in [9.17, 15) is 31.3 Å². The number of hydrogen-bond acceptors (Lipinski definition) is 7. The van der Waals surface area contributed by atoms with Gasteiger partial charge in [0.15, 0.2) is 16.2 Å². The molecule has 3 N–H and O–H groups in total. The molecule has 3 aromatic rings. The fourth-order valence-corrected chi connectivity index (χ4v) is 5.03. The molecule has 1 amide bonds. The summed E-state index contributed by atoms with van der Waals surface area (Å²) in [6.07, 6.45) is -3.32. The van der Waals surface area contributed by atoms with E-state index >= 15 is 0 Å². The Balaban J connectivity index is 1.76. The Morgan fingerprint density at radius 1 is 1.11 bits per heavy atom. The van der Waals surface area contributed by atoms with Crippen LogP contribution in [-0.4, -0.2) is 54.6 Å². The number of hydrogen-bond donors (Lipinski definition) is 3. The second-order valence-corrected chi connectivity index (χ2v) is 12.1. The highest BCUT2D eigenvalue weighted by Crippen LogP contribution is 2.48. The van der Waals surface area contributed by atoms with Gasteiger partial charge in [-0.3, -0.25) is 9.78 Å². The number of amides is 1. The number of rotatable bonds is 13. The average Bonchev–Trinajstić information content (AvgIpc) is 3.81. The zero-order valence-corrected chi connectivity index (χ0v) is 25.6. The number of alkyl halides is 4. The second kappa shape index (κ2) is 13.5. The third-order valence-corrected chi connectivity index (χ3v) is 8.38. The molecule has 1 fully saturated rings. The van der Waals surface area contributed by atoms with Gasteiger partial charge in [-0.05, 0) is 80.8 Å². The number of pyridine rings is 1. The van der Waals surface area contributed by atoms with Crippen LogP contribution in [0.1, 0.15) is 48.3 Å². The first-order valence-electron chi connectivity index (χ1n) is 13.6. The molecule has 44 heavy (non-hydrogen) atoms. The van der Waals surface area contributed by atoms with Crippen molar-refractivity contribution in [1.29, 1.82) is 0 Å².